The molecule has 2 aromatic heterocycles. The van der Waals surface area contributed by atoms with Gasteiger partial charge in [0, 0.05) is 24.3 Å². The van der Waals surface area contributed by atoms with Gasteiger partial charge in [0.25, 0.3) is 10.8 Å². The van der Waals surface area contributed by atoms with Gasteiger partial charge in [0.05, 0.1) is 12.2 Å². The average Bonchev–Trinajstić information content (AvgIpc) is 3.04. The van der Waals surface area contributed by atoms with Crippen molar-refractivity contribution in [2.45, 2.75) is 38.3 Å². The van der Waals surface area contributed by atoms with Crippen LogP contribution in [0.2, 0.25) is 0 Å². The standard InChI is InChI=1S/C16H21N5O4S/c1-9-3-5-21(6-4-9)13(22)8-26-16-20-19-12(25-16)7-11-10(2)17-15(24)18-14(11)23/h9H,3-8H2,1-2H3,(H2,17,18,23,24). The summed E-state index contributed by atoms with van der Waals surface area (Å²) in [5, 5.41) is 8.11. The summed E-state index contributed by atoms with van der Waals surface area (Å²) in [4.78, 5) is 41.9. The third-order valence-electron chi connectivity index (χ3n) is 4.49. The van der Waals surface area contributed by atoms with Gasteiger partial charge in [-0.05, 0) is 25.7 Å². The Bertz CT molecular complexity index is 895. The molecular formula is C16H21N5O4S. The summed E-state index contributed by atoms with van der Waals surface area (Å²) in [6.07, 6.45) is 2.19. The number of aromatic nitrogens is 4. The molecule has 0 radical (unpaired) electrons. The molecule has 10 heteroatoms. The highest BCUT2D eigenvalue weighted by molar-refractivity contribution is 7.99. The Morgan fingerprint density at radius 1 is 1.27 bits per heavy atom. The first-order chi connectivity index (χ1) is 12.4. The first-order valence-corrected chi connectivity index (χ1v) is 9.46. The molecule has 2 aromatic rings. The van der Waals surface area contributed by atoms with Gasteiger partial charge >= 0.3 is 5.69 Å². The Morgan fingerprint density at radius 3 is 2.69 bits per heavy atom. The lowest BCUT2D eigenvalue weighted by atomic mass is 9.99. The molecule has 0 atom stereocenters. The minimum atomic E-state index is -0.552. The lowest BCUT2D eigenvalue weighted by molar-refractivity contribution is -0.129. The van der Waals surface area contributed by atoms with E-state index in [4.69, 9.17) is 4.42 Å². The second-order valence-electron chi connectivity index (χ2n) is 6.50. The molecule has 1 saturated heterocycles. The van der Waals surface area contributed by atoms with E-state index in [9.17, 15) is 14.4 Å². The Balaban J connectivity index is 1.58. The second kappa shape index (κ2) is 7.90. The highest BCUT2D eigenvalue weighted by Gasteiger charge is 2.21. The summed E-state index contributed by atoms with van der Waals surface area (Å²) in [6, 6.07) is 0. The topological polar surface area (TPSA) is 125 Å². The van der Waals surface area contributed by atoms with Gasteiger partial charge in [-0.15, -0.1) is 10.2 Å². The maximum absolute atomic E-state index is 12.2. The van der Waals surface area contributed by atoms with Gasteiger partial charge in [-0.3, -0.25) is 14.6 Å². The Hall–Kier alpha value is -2.36. The number of nitrogens with zero attached hydrogens (tertiary/aromatic N) is 3. The first-order valence-electron chi connectivity index (χ1n) is 8.47. The molecule has 2 N–H and O–H groups in total. The molecule has 3 heterocycles. The van der Waals surface area contributed by atoms with E-state index in [-0.39, 0.29) is 29.2 Å². The molecule has 1 amide bonds. The number of hydrogen-bond donors (Lipinski definition) is 2. The number of nitrogens with one attached hydrogen (secondary N) is 2. The molecule has 9 nitrogen and oxygen atoms in total. The van der Waals surface area contributed by atoms with E-state index in [0.717, 1.165) is 25.9 Å². The molecule has 0 aliphatic carbocycles. The van der Waals surface area contributed by atoms with E-state index in [0.29, 0.717) is 17.2 Å². The predicted molar refractivity (Wildman–Crippen MR) is 95.2 cm³/mol. The third-order valence-corrected chi connectivity index (χ3v) is 5.29. The van der Waals surface area contributed by atoms with Crippen LogP contribution in [0.25, 0.3) is 0 Å². The van der Waals surface area contributed by atoms with Gasteiger partial charge in [0.2, 0.25) is 11.8 Å². The van der Waals surface area contributed by atoms with Gasteiger partial charge in [0.1, 0.15) is 0 Å². The third kappa shape index (κ3) is 4.43. The normalized spacial score (nSPS) is 15.4. The van der Waals surface area contributed by atoms with E-state index in [2.05, 4.69) is 27.1 Å². The van der Waals surface area contributed by atoms with Crippen molar-refractivity contribution in [3.8, 4) is 0 Å². The van der Waals surface area contributed by atoms with Gasteiger partial charge < -0.3 is 14.3 Å². The molecule has 3 rings (SSSR count). The maximum Gasteiger partial charge on any atom is 0.325 e. The Morgan fingerprint density at radius 2 is 2.00 bits per heavy atom. The molecule has 0 saturated carbocycles. The zero-order valence-corrected chi connectivity index (χ0v) is 15.5. The monoisotopic (exact) mass is 379 g/mol. The number of aromatic amines is 2. The number of H-pyrrole nitrogens is 2. The average molecular weight is 379 g/mol. The van der Waals surface area contributed by atoms with Gasteiger partial charge in [-0.2, -0.15) is 0 Å². The van der Waals surface area contributed by atoms with Crippen molar-refractivity contribution in [1.29, 1.82) is 0 Å². The quantitative estimate of drug-likeness (QED) is 0.732. The van der Waals surface area contributed by atoms with Crippen LogP contribution in [-0.2, 0) is 11.2 Å². The summed E-state index contributed by atoms with van der Waals surface area (Å²) >= 11 is 1.19. The molecule has 26 heavy (non-hydrogen) atoms. The minimum absolute atomic E-state index is 0.0644. The van der Waals surface area contributed by atoms with Crippen LogP contribution in [0.4, 0.5) is 0 Å². The van der Waals surface area contributed by atoms with Crippen molar-refractivity contribution < 1.29 is 9.21 Å². The van der Waals surface area contributed by atoms with E-state index in [1.165, 1.54) is 11.8 Å². The van der Waals surface area contributed by atoms with Crippen molar-refractivity contribution >= 4 is 17.7 Å². The number of aryl methyl sites for hydroxylation is 1. The number of carbonyl (C=O) groups is 1. The lowest BCUT2D eigenvalue weighted by Crippen LogP contribution is -2.38. The second-order valence-corrected chi connectivity index (χ2v) is 7.43. The van der Waals surface area contributed by atoms with Gasteiger partial charge in [0.15, 0.2) is 0 Å². The molecule has 0 aromatic carbocycles. The molecule has 0 spiro atoms. The maximum atomic E-state index is 12.2. The zero-order valence-electron chi connectivity index (χ0n) is 14.7. The fraction of sp³-hybridized carbons (Fsp3) is 0.562. The zero-order chi connectivity index (χ0) is 18.7. The summed E-state index contributed by atoms with van der Waals surface area (Å²) < 4.78 is 5.51. The number of thioether (sulfide) groups is 1. The molecule has 1 aliphatic heterocycles. The Labute approximate surface area is 153 Å². The van der Waals surface area contributed by atoms with E-state index < -0.39 is 11.2 Å². The van der Waals surface area contributed by atoms with Crippen LogP contribution in [0.3, 0.4) is 0 Å². The van der Waals surface area contributed by atoms with Crippen molar-refractivity contribution in [3.63, 3.8) is 0 Å². The predicted octanol–water partition coefficient (Wildman–Crippen LogP) is 0.696. The highest BCUT2D eigenvalue weighted by Crippen LogP contribution is 2.20. The van der Waals surface area contributed by atoms with Crippen LogP contribution < -0.4 is 11.2 Å². The van der Waals surface area contributed by atoms with E-state index in [1.807, 2.05) is 4.90 Å². The number of hydrogen-bond acceptors (Lipinski definition) is 7. The number of amides is 1. The largest absolute Gasteiger partial charge is 0.416 e. The smallest absolute Gasteiger partial charge is 0.325 e. The SMILES string of the molecule is Cc1[nH]c(=O)[nH]c(=O)c1Cc1nnc(SCC(=O)N2CCC(C)CC2)o1. The van der Waals surface area contributed by atoms with Crippen LogP contribution >= 0.6 is 11.8 Å². The number of likely N-dealkylation sites (tertiary alicyclic amines) is 1. The van der Waals surface area contributed by atoms with Crippen molar-refractivity contribution in [2.75, 3.05) is 18.8 Å². The van der Waals surface area contributed by atoms with Gasteiger partial charge in [-0.25, -0.2) is 4.79 Å². The van der Waals surface area contributed by atoms with Crippen molar-refractivity contribution in [1.82, 2.24) is 25.1 Å². The highest BCUT2D eigenvalue weighted by atomic mass is 32.2. The Kier molecular flexibility index (Phi) is 5.60. The number of piperidine rings is 1. The van der Waals surface area contributed by atoms with Crippen LogP contribution in [-0.4, -0.2) is 49.8 Å². The minimum Gasteiger partial charge on any atom is -0.416 e. The molecule has 1 fully saturated rings. The van der Waals surface area contributed by atoms with Crippen LogP contribution in [0, 0.1) is 12.8 Å². The lowest BCUT2D eigenvalue weighted by Gasteiger charge is -2.30. The fourth-order valence-corrected chi connectivity index (χ4v) is 3.51. The van der Waals surface area contributed by atoms with Crippen LogP contribution in [0.1, 0.15) is 36.9 Å². The van der Waals surface area contributed by atoms with E-state index in [1.54, 1.807) is 6.92 Å². The molecule has 1 aliphatic rings. The van der Waals surface area contributed by atoms with E-state index >= 15 is 0 Å². The first kappa shape index (κ1) is 18.4. The summed E-state index contributed by atoms with van der Waals surface area (Å²) in [6.45, 7) is 5.43. The number of carbonyl (C=O) groups excluding carboxylic acids is 1. The number of rotatable bonds is 5. The van der Waals surface area contributed by atoms with Gasteiger partial charge in [-0.1, -0.05) is 18.7 Å². The summed E-state index contributed by atoms with van der Waals surface area (Å²) in [5.41, 5.74) is -0.208. The fourth-order valence-electron chi connectivity index (χ4n) is 2.83. The molecule has 140 valence electrons. The summed E-state index contributed by atoms with van der Waals surface area (Å²) in [5.74, 6) is 1.24. The van der Waals surface area contributed by atoms with Crippen LogP contribution in [0.15, 0.2) is 19.2 Å². The van der Waals surface area contributed by atoms with Crippen molar-refractivity contribution in [2.24, 2.45) is 5.92 Å². The molecular weight excluding hydrogens is 358 g/mol. The molecule has 0 bridgehead atoms. The van der Waals surface area contributed by atoms with Crippen LogP contribution in [0.5, 0.6) is 0 Å². The van der Waals surface area contributed by atoms with Crippen molar-refractivity contribution in [3.05, 3.63) is 38.0 Å². The molecule has 0 unspecified atom stereocenters. The summed E-state index contributed by atoms with van der Waals surface area (Å²) in [7, 11) is 0.